The SMILES string of the molecule is Cc1nc(C(=O)N2[C@@H]3CC[C@@H](C3)[C@H]2CNC(=O)Oc2cccc3occc23)c(-c2cccc(Cl)c2)s1. The molecule has 36 heavy (non-hydrogen) atoms. The first-order valence-electron chi connectivity index (χ1n) is 12.0. The van der Waals surface area contributed by atoms with Crippen molar-refractivity contribution in [2.45, 2.75) is 38.3 Å². The molecule has 7 nitrogen and oxygen atoms in total. The summed E-state index contributed by atoms with van der Waals surface area (Å²) in [7, 11) is 0. The van der Waals surface area contributed by atoms with E-state index in [1.165, 1.54) is 11.3 Å². The zero-order valence-corrected chi connectivity index (χ0v) is 21.1. The number of carbonyl (C=O) groups is 2. The molecule has 3 atom stereocenters. The maximum Gasteiger partial charge on any atom is 0.412 e. The number of aromatic nitrogens is 1. The van der Waals surface area contributed by atoms with Gasteiger partial charge in [-0.25, -0.2) is 9.78 Å². The molecule has 184 valence electrons. The van der Waals surface area contributed by atoms with Gasteiger partial charge >= 0.3 is 6.09 Å². The summed E-state index contributed by atoms with van der Waals surface area (Å²) >= 11 is 7.71. The molecule has 2 aromatic heterocycles. The van der Waals surface area contributed by atoms with Crippen molar-refractivity contribution in [3.05, 3.63) is 70.5 Å². The van der Waals surface area contributed by atoms with Crippen LogP contribution in [0.15, 0.2) is 59.2 Å². The number of piperidine rings is 1. The van der Waals surface area contributed by atoms with Crippen LogP contribution in [-0.4, -0.2) is 40.5 Å². The van der Waals surface area contributed by atoms with Crippen molar-refractivity contribution in [1.82, 2.24) is 15.2 Å². The molecule has 6 rings (SSSR count). The number of hydrogen-bond acceptors (Lipinski definition) is 6. The number of halogens is 1. The van der Waals surface area contributed by atoms with Crippen molar-refractivity contribution in [3.63, 3.8) is 0 Å². The number of benzene rings is 2. The van der Waals surface area contributed by atoms with Gasteiger partial charge in [0.25, 0.3) is 5.91 Å². The average molecular weight is 522 g/mol. The number of likely N-dealkylation sites (tertiary alicyclic amines) is 1. The Labute approximate surface area is 217 Å². The summed E-state index contributed by atoms with van der Waals surface area (Å²) in [5, 5.41) is 5.06. The molecular weight excluding hydrogens is 498 g/mol. The minimum absolute atomic E-state index is 0.0927. The lowest BCUT2D eigenvalue weighted by Gasteiger charge is -2.35. The summed E-state index contributed by atoms with van der Waals surface area (Å²) in [4.78, 5) is 33.9. The van der Waals surface area contributed by atoms with Gasteiger partial charge in [-0.15, -0.1) is 11.3 Å². The highest BCUT2D eigenvalue weighted by Gasteiger charge is 2.49. The third-order valence-corrected chi connectivity index (χ3v) is 8.37. The van der Waals surface area contributed by atoms with Gasteiger partial charge in [-0.1, -0.05) is 29.8 Å². The first-order valence-corrected chi connectivity index (χ1v) is 13.2. The number of aryl methyl sites for hydroxylation is 1. The predicted octanol–water partition coefficient (Wildman–Crippen LogP) is 6.30. The second-order valence-corrected chi connectivity index (χ2v) is 10.9. The van der Waals surface area contributed by atoms with E-state index in [1.807, 2.05) is 42.2 Å². The van der Waals surface area contributed by atoms with Crippen molar-refractivity contribution < 1.29 is 18.7 Å². The fourth-order valence-electron chi connectivity index (χ4n) is 5.57. The Morgan fingerprint density at radius 2 is 2.08 bits per heavy atom. The number of fused-ring (bicyclic) bond motifs is 3. The molecule has 4 aromatic rings. The van der Waals surface area contributed by atoms with Gasteiger partial charge in [0.05, 0.1) is 27.6 Å². The molecule has 3 heterocycles. The summed E-state index contributed by atoms with van der Waals surface area (Å²) in [6, 6.07) is 14.6. The predicted molar refractivity (Wildman–Crippen MR) is 139 cm³/mol. The molecule has 1 saturated heterocycles. The first-order chi connectivity index (χ1) is 17.5. The van der Waals surface area contributed by atoms with Gasteiger partial charge in [-0.3, -0.25) is 4.79 Å². The highest BCUT2D eigenvalue weighted by molar-refractivity contribution is 7.15. The van der Waals surface area contributed by atoms with Crippen LogP contribution in [-0.2, 0) is 0 Å². The number of rotatable bonds is 5. The minimum Gasteiger partial charge on any atom is -0.464 e. The molecule has 1 saturated carbocycles. The van der Waals surface area contributed by atoms with Gasteiger partial charge in [0, 0.05) is 17.6 Å². The molecule has 1 aliphatic heterocycles. The molecular formula is C27H24ClN3O4S. The number of carbonyl (C=O) groups excluding carboxylic acids is 2. The van der Waals surface area contributed by atoms with Gasteiger partial charge < -0.3 is 19.4 Å². The molecule has 0 radical (unpaired) electrons. The van der Waals surface area contributed by atoms with E-state index in [0.29, 0.717) is 34.5 Å². The monoisotopic (exact) mass is 521 g/mol. The number of amides is 2. The largest absolute Gasteiger partial charge is 0.464 e. The summed E-state index contributed by atoms with van der Waals surface area (Å²) in [6.07, 6.45) is 3.96. The lowest BCUT2D eigenvalue weighted by Crippen LogP contribution is -2.50. The Balaban J connectivity index is 1.21. The van der Waals surface area contributed by atoms with Crippen LogP contribution < -0.4 is 10.1 Å². The first kappa shape index (κ1) is 23.1. The second-order valence-electron chi connectivity index (χ2n) is 9.29. The zero-order chi connectivity index (χ0) is 24.8. The van der Waals surface area contributed by atoms with Crippen LogP contribution in [0.2, 0.25) is 5.02 Å². The Bertz CT molecular complexity index is 1460. The number of thiazole rings is 1. The lowest BCUT2D eigenvalue weighted by molar-refractivity contribution is 0.0586. The molecule has 1 aliphatic carbocycles. The van der Waals surface area contributed by atoms with E-state index in [1.54, 1.807) is 24.5 Å². The number of nitrogens with one attached hydrogen (secondary N) is 1. The number of ether oxygens (including phenoxy) is 1. The van der Waals surface area contributed by atoms with Crippen molar-refractivity contribution in [2.75, 3.05) is 6.54 Å². The van der Waals surface area contributed by atoms with E-state index >= 15 is 0 Å². The van der Waals surface area contributed by atoms with Crippen molar-refractivity contribution in [1.29, 1.82) is 0 Å². The molecule has 0 unspecified atom stereocenters. The molecule has 2 bridgehead atoms. The zero-order valence-electron chi connectivity index (χ0n) is 19.6. The van der Waals surface area contributed by atoms with E-state index in [-0.39, 0.29) is 18.0 Å². The van der Waals surface area contributed by atoms with Gasteiger partial charge in [-0.05, 0) is 68.0 Å². The number of nitrogens with zero attached hydrogens (tertiary/aromatic N) is 2. The van der Waals surface area contributed by atoms with Gasteiger partial charge in [0.15, 0.2) is 0 Å². The van der Waals surface area contributed by atoms with Crippen LogP contribution in [0.4, 0.5) is 4.79 Å². The molecule has 2 fully saturated rings. The Morgan fingerprint density at radius 1 is 1.22 bits per heavy atom. The highest BCUT2D eigenvalue weighted by atomic mass is 35.5. The van der Waals surface area contributed by atoms with Crippen molar-refractivity contribution in [3.8, 4) is 16.2 Å². The van der Waals surface area contributed by atoms with Crippen LogP contribution in [0.5, 0.6) is 5.75 Å². The van der Waals surface area contributed by atoms with Crippen LogP contribution in [0.3, 0.4) is 0 Å². The normalized spacial score (nSPS) is 20.7. The molecule has 2 amide bonds. The lowest BCUT2D eigenvalue weighted by atomic mass is 9.98. The fraction of sp³-hybridized carbons (Fsp3) is 0.296. The maximum atomic E-state index is 13.9. The molecule has 0 spiro atoms. The van der Waals surface area contributed by atoms with Crippen molar-refractivity contribution >= 4 is 45.9 Å². The fourth-order valence-corrected chi connectivity index (χ4v) is 6.67. The summed E-state index contributed by atoms with van der Waals surface area (Å²) in [5.74, 6) is 0.680. The van der Waals surface area contributed by atoms with Gasteiger partial charge in [0.2, 0.25) is 0 Å². The van der Waals surface area contributed by atoms with Crippen LogP contribution in [0, 0.1) is 12.8 Å². The van der Waals surface area contributed by atoms with Crippen LogP contribution in [0.1, 0.15) is 34.8 Å². The van der Waals surface area contributed by atoms with Crippen LogP contribution >= 0.6 is 22.9 Å². The summed E-state index contributed by atoms with van der Waals surface area (Å²) in [6.45, 7) is 2.23. The van der Waals surface area contributed by atoms with Gasteiger partial charge in [0.1, 0.15) is 17.0 Å². The highest BCUT2D eigenvalue weighted by Crippen LogP contribution is 2.44. The summed E-state index contributed by atoms with van der Waals surface area (Å²) in [5.41, 5.74) is 1.98. The molecule has 1 N–H and O–H groups in total. The van der Waals surface area contributed by atoms with Gasteiger partial charge in [-0.2, -0.15) is 0 Å². The Morgan fingerprint density at radius 3 is 2.94 bits per heavy atom. The number of hydrogen-bond donors (Lipinski definition) is 1. The second kappa shape index (κ2) is 9.26. The average Bonchev–Trinajstić information content (AvgIpc) is 3.65. The molecule has 2 aliphatic rings. The van der Waals surface area contributed by atoms with E-state index in [9.17, 15) is 9.59 Å². The van der Waals surface area contributed by atoms with E-state index in [4.69, 9.17) is 20.8 Å². The standard InChI is InChI=1S/C27H24ClN3O4S/c1-15-30-24(25(36-15)17-4-2-5-18(28)12-17)26(32)31-19-9-8-16(13-19)21(31)14-29-27(33)35-23-7-3-6-22-20(23)10-11-34-22/h2-7,10-12,16,19,21H,8-9,13-14H2,1H3,(H,29,33)/t16-,19+,21+/m0/s1. The minimum atomic E-state index is -0.553. The summed E-state index contributed by atoms with van der Waals surface area (Å²) < 4.78 is 10.9. The third-order valence-electron chi connectivity index (χ3n) is 7.11. The van der Waals surface area contributed by atoms with Crippen molar-refractivity contribution in [2.24, 2.45) is 5.92 Å². The van der Waals surface area contributed by atoms with Crippen LogP contribution in [0.25, 0.3) is 21.4 Å². The third kappa shape index (κ3) is 4.14. The Kier molecular flexibility index (Phi) is 5.93. The smallest absolute Gasteiger partial charge is 0.412 e. The maximum absolute atomic E-state index is 13.9. The topological polar surface area (TPSA) is 84.7 Å². The quantitative estimate of drug-likeness (QED) is 0.333. The van der Waals surface area contributed by atoms with E-state index < -0.39 is 6.09 Å². The number of furan rings is 1. The molecule has 9 heteroatoms. The Hall–Kier alpha value is -3.36. The molecule has 2 aromatic carbocycles. The van der Waals surface area contributed by atoms with E-state index in [2.05, 4.69) is 10.3 Å². The van der Waals surface area contributed by atoms with E-state index in [0.717, 1.165) is 40.1 Å².